The second-order valence-electron chi connectivity index (χ2n) is 6.71. The Balaban J connectivity index is 2.07. The number of carbonyl (C=O) groups excluding carboxylic acids is 1. The first-order valence-corrected chi connectivity index (χ1v) is 7.44. The maximum absolute atomic E-state index is 12.7. The highest BCUT2D eigenvalue weighted by Gasteiger charge is 2.42. The normalized spacial score (nSPS) is 30.3. The summed E-state index contributed by atoms with van der Waals surface area (Å²) in [5.74, 6) is -0.517. The lowest BCUT2D eigenvalue weighted by Gasteiger charge is -2.40. The third kappa shape index (κ3) is 3.10. The van der Waals surface area contributed by atoms with Crippen LogP contribution in [0.1, 0.15) is 58.8 Å². The highest BCUT2D eigenvalue weighted by Crippen LogP contribution is 2.42. The van der Waals surface area contributed by atoms with Crippen molar-refractivity contribution in [3.05, 3.63) is 0 Å². The summed E-state index contributed by atoms with van der Waals surface area (Å²) in [6.07, 6.45) is 6.26. The van der Waals surface area contributed by atoms with E-state index in [0.29, 0.717) is 0 Å². The topological polar surface area (TPSA) is 57.6 Å². The van der Waals surface area contributed by atoms with Gasteiger partial charge in [-0.1, -0.05) is 26.7 Å². The Morgan fingerprint density at radius 3 is 2.58 bits per heavy atom. The summed E-state index contributed by atoms with van der Waals surface area (Å²) >= 11 is 0. The largest absolute Gasteiger partial charge is 0.481 e. The van der Waals surface area contributed by atoms with Crippen molar-refractivity contribution in [2.45, 2.75) is 64.8 Å². The molecule has 1 heterocycles. The van der Waals surface area contributed by atoms with Gasteiger partial charge in [0.2, 0.25) is 5.91 Å². The third-order valence-corrected chi connectivity index (χ3v) is 4.88. The van der Waals surface area contributed by atoms with Gasteiger partial charge in [0.05, 0.1) is 6.42 Å². The average Bonchev–Trinajstić information content (AvgIpc) is 2.75. The van der Waals surface area contributed by atoms with Crippen molar-refractivity contribution in [2.24, 2.45) is 11.3 Å². The number of aliphatic carboxylic acids is 1. The van der Waals surface area contributed by atoms with E-state index in [4.69, 9.17) is 5.11 Å². The molecule has 1 aliphatic heterocycles. The fraction of sp³-hybridized carbons (Fsp3) is 0.867. The maximum Gasteiger partial charge on any atom is 0.305 e. The second-order valence-corrected chi connectivity index (χ2v) is 6.71. The standard InChI is InChI=1S/C15H25NO3/c1-15(2)8-4-3-7-12(15)14(19)16-9-5-6-11(16)10-13(17)18/h11-12H,3-10H2,1-2H3,(H,17,18). The van der Waals surface area contributed by atoms with Gasteiger partial charge in [0.1, 0.15) is 0 Å². The predicted octanol–water partition coefficient (Wildman–Crippen LogP) is 2.67. The Morgan fingerprint density at radius 2 is 1.95 bits per heavy atom. The van der Waals surface area contributed by atoms with Crippen molar-refractivity contribution in [3.8, 4) is 0 Å². The van der Waals surface area contributed by atoms with Gasteiger partial charge in [-0.15, -0.1) is 0 Å². The molecule has 2 rings (SSSR count). The Kier molecular flexibility index (Phi) is 4.16. The van der Waals surface area contributed by atoms with Crippen molar-refractivity contribution in [3.63, 3.8) is 0 Å². The van der Waals surface area contributed by atoms with E-state index >= 15 is 0 Å². The molecule has 0 spiro atoms. The highest BCUT2D eigenvalue weighted by molar-refractivity contribution is 5.81. The molecule has 4 nitrogen and oxygen atoms in total. The molecule has 0 radical (unpaired) electrons. The number of carboxylic acids is 1. The molecule has 1 saturated carbocycles. The van der Waals surface area contributed by atoms with Crippen LogP contribution >= 0.6 is 0 Å². The van der Waals surface area contributed by atoms with Crippen LogP contribution in [0.15, 0.2) is 0 Å². The molecular weight excluding hydrogens is 242 g/mol. The Morgan fingerprint density at radius 1 is 1.21 bits per heavy atom. The molecule has 2 atom stereocenters. The van der Waals surface area contributed by atoms with Crippen LogP contribution in [0.5, 0.6) is 0 Å². The van der Waals surface area contributed by atoms with Gasteiger partial charge in [-0.3, -0.25) is 9.59 Å². The van der Waals surface area contributed by atoms with Crippen LogP contribution in [-0.2, 0) is 9.59 Å². The number of carboxylic acid groups (broad SMARTS) is 1. The van der Waals surface area contributed by atoms with Crippen LogP contribution in [0.25, 0.3) is 0 Å². The Bertz CT molecular complexity index is 364. The van der Waals surface area contributed by atoms with Gasteiger partial charge in [0.15, 0.2) is 0 Å². The van der Waals surface area contributed by atoms with Gasteiger partial charge in [-0.25, -0.2) is 0 Å². The zero-order valence-electron chi connectivity index (χ0n) is 12.0. The monoisotopic (exact) mass is 267 g/mol. The first kappa shape index (κ1) is 14.4. The average molecular weight is 267 g/mol. The van der Waals surface area contributed by atoms with E-state index in [1.54, 1.807) is 0 Å². The highest BCUT2D eigenvalue weighted by atomic mass is 16.4. The summed E-state index contributed by atoms with van der Waals surface area (Å²) < 4.78 is 0. The lowest BCUT2D eigenvalue weighted by molar-refractivity contribution is -0.144. The first-order valence-electron chi connectivity index (χ1n) is 7.44. The molecule has 108 valence electrons. The Hall–Kier alpha value is -1.06. The van der Waals surface area contributed by atoms with Crippen LogP contribution < -0.4 is 0 Å². The molecule has 1 saturated heterocycles. The van der Waals surface area contributed by atoms with E-state index in [9.17, 15) is 9.59 Å². The molecule has 2 aliphatic rings. The van der Waals surface area contributed by atoms with Crippen molar-refractivity contribution in [1.29, 1.82) is 0 Å². The van der Waals surface area contributed by atoms with Gasteiger partial charge in [-0.05, 0) is 31.1 Å². The molecule has 0 bridgehead atoms. The molecular formula is C15H25NO3. The zero-order chi connectivity index (χ0) is 14.0. The number of amides is 1. The number of hydrogen-bond donors (Lipinski definition) is 1. The summed E-state index contributed by atoms with van der Waals surface area (Å²) in [7, 11) is 0. The van der Waals surface area contributed by atoms with Crippen molar-refractivity contribution in [1.82, 2.24) is 4.90 Å². The molecule has 0 aromatic rings. The van der Waals surface area contributed by atoms with Crippen LogP contribution in [0, 0.1) is 11.3 Å². The van der Waals surface area contributed by atoms with Gasteiger partial charge in [0, 0.05) is 18.5 Å². The van der Waals surface area contributed by atoms with E-state index in [1.165, 1.54) is 6.42 Å². The Labute approximate surface area is 115 Å². The van der Waals surface area contributed by atoms with E-state index in [2.05, 4.69) is 13.8 Å². The second kappa shape index (κ2) is 5.51. The third-order valence-electron chi connectivity index (χ3n) is 4.88. The summed E-state index contributed by atoms with van der Waals surface area (Å²) in [4.78, 5) is 25.5. The minimum atomic E-state index is -0.799. The van der Waals surface area contributed by atoms with Crippen molar-refractivity contribution >= 4 is 11.9 Å². The number of rotatable bonds is 3. The van der Waals surface area contributed by atoms with E-state index in [1.807, 2.05) is 4.90 Å². The molecule has 0 aromatic carbocycles. The summed E-state index contributed by atoms with van der Waals surface area (Å²) in [5.41, 5.74) is 0.0612. The zero-order valence-corrected chi connectivity index (χ0v) is 12.0. The predicted molar refractivity (Wildman–Crippen MR) is 72.7 cm³/mol. The molecule has 2 fully saturated rings. The SMILES string of the molecule is CC1(C)CCCCC1C(=O)N1CCCC1CC(=O)O. The minimum absolute atomic E-state index is 0.0612. The molecule has 0 aromatic heterocycles. The quantitative estimate of drug-likeness (QED) is 0.855. The summed E-state index contributed by atoms with van der Waals surface area (Å²) in [6.45, 7) is 5.09. The molecule has 2 unspecified atom stereocenters. The van der Waals surface area contributed by atoms with E-state index in [0.717, 1.165) is 38.6 Å². The van der Waals surface area contributed by atoms with Crippen LogP contribution in [0.3, 0.4) is 0 Å². The lowest BCUT2D eigenvalue weighted by atomic mass is 9.68. The number of likely N-dealkylation sites (tertiary alicyclic amines) is 1. The molecule has 1 N–H and O–H groups in total. The fourth-order valence-electron chi connectivity index (χ4n) is 3.69. The van der Waals surface area contributed by atoms with E-state index in [-0.39, 0.29) is 29.7 Å². The number of nitrogens with zero attached hydrogens (tertiary/aromatic N) is 1. The van der Waals surface area contributed by atoms with Crippen molar-refractivity contribution in [2.75, 3.05) is 6.54 Å². The van der Waals surface area contributed by atoms with Gasteiger partial charge in [0.25, 0.3) is 0 Å². The number of carbonyl (C=O) groups is 2. The van der Waals surface area contributed by atoms with E-state index < -0.39 is 5.97 Å². The summed E-state index contributed by atoms with van der Waals surface area (Å²) in [6, 6.07) is -0.0808. The van der Waals surface area contributed by atoms with Crippen molar-refractivity contribution < 1.29 is 14.7 Å². The lowest BCUT2D eigenvalue weighted by Crippen LogP contribution is -2.46. The fourth-order valence-corrected chi connectivity index (χ4v) is 3.69. The van der Waals surface area contributed by atoms with Crippen LogP contribution in [0.2, 0.25) is 0 Å². The smallest absolute Gasteiger partial charge is 0.305 e. The number of hydrogen-bond acceptors (Lipinski definition) is 2. The first-order chi connectivity index (χ1) is 8.92. The molecule has 19 heavy (non-hydrogen) atoms. The molecule has 4 heteroatoms. The maximum atomic E-state index is 12.7. The van der Waals surface area contributed by atoms with Crippen LogP contribution in [0.4, 0.5) is 0 Å². The minimum Gasteiger partial charge on any atom is -0.481 e. The van der Waals surface area contributed by atoms with Crippen LogP contribution in [-0.4, -0.2) is 34.5 Å². The molecule has 1 amide bonds. The summed E-state index contributed by atoms with van der Waals surface area (Å²) in [5, 5.41) is 8.95. The van der Waals surface area contributed by atoms with Gasteiger partial charge >= 0.3 is 5.97 Å². The molecule has 1 aliphatic carbocycles. The van der Waals surface area contributed by atoms with Gasteiger partial charge < -0.3 is 10.0 Å². The van der Waals surface area contributed by atoms with Gasteiger partial charge in [-0.2, -0.15) is 0 Å².